The lowest BCUT2D eigenvalue weighted by molar-refractivity contribution is 0.0938. The minimum atomic E-state index is -0.00766. The van der Waals surface area contributed by atoms with Gasteiger partial charge in [0.05, 0.1) is 5.69 Å². The molecule has 0 spiro atoms. The van der Waals surface area contributed by atoms with Crippen LogP contribution in [-0.2, 0) is 19.3 Å². The molecule has 35 heavy (non-hydrogen) atoms. The molecule has 1 atom stereocenters. The van der Waals surface area contributed by atoms with Crippen molar-refractivity contribution in [2.45, 2.75) is 57.9 Å². The van der Waals surface area contributed by atoms with E-state index in [0.717, 1.165) is 31.4 Å². The molecule has 1 N–H and O–H groups in total. The number of benzene rings is 3. The Morgan fingerprint density at radius 3 is 2.29 bits per heavy atom. The fourth-order valence-electron chi connectivity index (χ4n) is 5.16. The van der Waals surface area contributed by atoms with Crippen LogP contribution in [0.2, 0.25) is 0 Å². The number of hydrogen-bond donors (Lipinski definition) is 1. The lowest BCUT2D eigenvalue weighted by Gasteiger charge is -2.16. The summed E-state index contributed by atoms with van der Waals surface area (Å²) in [5.74, 6) is -0.00766. The zero-order valence-corrected chi connectivity index (χ0v) is 20.5. The molecule has 0 bridgehead atoms. The minimum absolute atomic E-state index is 0.00766. The van der Waals surface area contributed by atoms with Crippen LogP contribution in [0.15, 0.2) is 91.0 Å². The van der Waals surface area contributed by atoms with Gasteiger partial charge in [-0.15, -0.1) is 0 Å². The number of nitrogens with one attached hydrogen (secondary N) is 1. The van der Waals surface area contributed by atoms with E-state index in [2.05, 4.69) is 89.6 Å². The molecule has 1 heterocycles. The van der Waals surface area contributed by atoms with Crippen molar-refractivity contribution in [1.82, 2.24) is 9.88 Å². The first-order chi connectivity index (χ1) is 17.2. The summed E-state index contributed by atoms with van der Waals surface area (Å²) in [5.41, 5.74) is 8.50. The van der Waals surface area contributed by atoms with Crippen LogP contribution in [0, 0.1) is 0 Å². The molecule has 1 aliphatic rings. The molecule has 0 fully saturated rings. The van der Waals surface area contributed by atoms with E-state index in [1.807, 2.05) is 18.2 Å². The summed E-state index contributed by atoms with van der Waals surface area (Å²) in [6.45, 7) is 2.08. The van der Waals surface area contributed by atoms with E-state index in [0.29, 0.717) is 5.56 Å². The number of amides is 1. The summed E-state index contributed by atoms with van der Waals surface area (Å²) in [5, 5.41) is 3.17. The number of fused-ring (bicyclic) bond motifs is 1. The van der Waals surface area contributed by atoms with E-state index in [4.69, 9.17) is 0 Å². The zero-order valence-electron chi connectivity index (χ0n) is 20.5. The molecule has 0 radical (unpaired) electrons. The molecule has 5 rings (SSSR count). The maximum absolute atomic E-state index is 12.9. The predicted octanol–water partition coefficient (Wildman–Crippen LogP) is 7.16. The first-order valence-electron chi connectivity index (χ1n) is 12.9. The van der Waals surface area contributed by atoms with Crippen molar-refractivity contribution in [1.29, 1.82) is 0 Å². The Labute approximate surface area is 208 Å². The minimum Gasteiger partial charge on any atom is -0.350 e. The summed E-state index contributed by atoms with van der Waals surface area (Å²) >= 11 is 0. The van der Waals surface area contributed by atoms with Crippen molar-refractivity contribution >= 4 is 5.91 Å². The quantitative estimate of drug-likeness (QED) is 0.290. The van der Waals surface area contributed by atoms with Gasteiger partial charge in [0.25, 0.3) is 5.91 Å². The van der Waals surface area contributed by atoms with Gasteiger partial charge in [-0.2, -0.15) is 0 Å². The average Bonchev–Trinajstić information content (AvgIpc) is 3.11. The highest BCUT2D eigenvalue weighted by Crippen LogP contribution is 2.33. The maximum Gasteiger partial charge on any atom is 0.251 e. The molecule has 3 aromatic carbocycles. The van der Waals surface area contributed by atoms with Crippen LogP contribution < -0.4 is 5.32 Å². The van der Waals surface area contributed by atoms with Gasteiger partial charge in [-0.1, -0.05) is 67.1 Å². The number of nitrogens with zero attached hydrogens (tertiary/aromatic N) is 1. The fraction of sp³-hybridized carbons (Fsp3) is 0.281. The Kier molecular flexibility index (Phi) is 7.13. The molecule has 1 aromatic heterocycles. The Balaban J connectivity index is 1.35. The Morgan fingerprint density at radius 1 is 0.857 bits per heavy atom. The zero-order chi connectivity index (χ0) is 24.0. The van der Waals surface area contributed by atoms with Crippen molar-refractivity contribution in [2.24, 2.45) is 0 Å². The molecule has 1 aliphatic carbocycles. The van der Waals surface area contributed by atoms with Crippen LogP contribution in [0.4, 0.5) is 0 Å². The van der Waals surface area contributed by atoms with Gasteiger partial charge >= 0.3 is 0 Å². The molecule has 3 nitrogen and oxygen atoms in total. The first-order valence-corrected chi connectivity index (χ1v) is 12.9. The van der Waals surface area contributed by atoms with Crippen LogP contribution in [0.25, 0.3) is 16.9 Å². The number of aryl methyl sites for hydroxylation is 2. The van der Waals surface area contributed by atoms with E-state index < -0.39 is 0 Å². The van der Waals surface area contributed by atoms with E-state index in [1.54, 1.807) is 0 Å². The molecule has 1 amide bonds. The molecular weight excluding hydrogens is 428 g/mol. The summed E-state index contributed by atoms with van der Waals surface area (Å²) in [4.78, 5) is 12.9. The smallest absolute Gasteiger partial charge is 0.251 e. The summed E-state index contributed by atoms with van der Waals surface area (Å²) < 4.78 is 2.42. The number of rotatable bonds is 7. The van der Waals surface area contributed by atoms with Gasteiger partial charge in [-0.3, -0.25) is 4.79 Å². The monoisotopic (exact) mass is 462 g/mol. The number of carbonyl (C=O) groups is 1. The molecule has 3 heteroatoms. The lowest BCUT2D eigenvalue weighted by atomic mass is 10.1. The van der Waals surface area contributed by atoms with Gasteiger partial charge in [-0.05, 0) is 92.5 Å². The molecule has 1 unspecified atom stereocenters. The van der Waals surface area contributed by atoms with E-state index in [9.17, 15) is 4.79 Å². The van der Waals surface area contributed by atoms with Crippen molar-refractivity contribution < 1.29 is 4.79 Å². The largest absolute Gasteiger partial charge is 0.350 e. The van der Waals surface area contributed by atoms with Gasteiger partial charge in [0.2, 0.25) is 0 Å². The number of aromatic nitrogens is 1. The Hall–Kier alpha value is -3.59. The average molecular weight is 463 g/mol. The van der Waals surface area contributed by atoms with Gasteiger partial charge in [-0.25, -0.2) is 0 Å². The third-order valence-electron chi connectivity index (χ3n) is 7.10. The highest BCUT2D eigenvalue weighted by atomic mass is 16.1. The third kappa shape index (κ3) is 5.40. The van der Waals surface area contributed by atoms with E-state index >= 15 is 0 Å². The molecule has 0 saturated carbocycles. The summed E-state index contributed by atoms with van der Waals surface area (Å²) in [7, 11) is 0. The second kappa shape index (κ2) is 10.8. The second-order valence-electron chi connectivity index (χ2n) is 9.71. The van der Waals surface area contributed by atoms with Gasteiger partial charge in [0.1, 0.15) is 0 Å². The molecule has 0 aliphatic heterocycles. The van der Waals surface area contributed by atoms with Crippen LogP contribution in [0.5, 0.6) is 0 Å². The van der Waals surface area contributed by atoms with Crippen molar-refractivity contribution in [3.8, 4) is 16.9 Å². The normalized spacial score (nSPS) is 14.1. The second-order valence-corrected chi connectivity index (χ2v) is 9.71. The van der Waals surface area contributed by atoms with Crippen LogP contribution in [0.1, 0.15) is 59.8 Å². The standard InChI is InChI=1S/C32H34N2O/c1-24(17-18-25-11-5-2-6-12-25)33-32(35)27-19-21-29(22-20-27)34-30-16-10-4-9-15-28(30)23-31(34)26-13-7-3-8-14-26/h2-3,5-8,11-14,19-24H,4,9-10,15-18H2,1H3,(H,33,35). The van der Waals surface area contributed by atoms with Gasteiger partial charge < -0.3 is 9.88 Å². The Bertz CT molecular complexity index is 1260. The van der Waals surface area contributed by atoms with Gasteiger partial charge in [0, 0.05) is 23.0 Å². The van der Waals surface area contributed by atoms with E-state index in [-0.39, 0.29) is 11.9 Å². The number of carbonyl (C=O) groups excluding carboxylic acids is 1. The highest BCUT2D eigenvalue weighted by Gasteiger charge is 2.20. The van der Waals surface area contributed by atoms with Crippen LogP contribution >= 0.6 is 0 Å². The number of hydrogen-bond acceptors (Lipinski definition) is 1. The fourth-order valence-corrected chi connectivity index (χ4v) is 5.16. The Morgan fingerprint density at radius 2 is 1.54 bits per heavy atom. The highest BCUT2D eigenvalue weighted by molar-refractivity contribution is 5.94. The summed E-state index contributed by atoms with van der Waals surface area (Å²) in [6, 6.07) is 31.7. The molecule has 0 saturated heterocycles. The van der Waals surface area contributed by atoms with Crippen molar-refractivity contribution in [3.63, 3.8) is 0 Å². The third-order valence-corrected chi connectivity index (χ3v) is 7.10. The van der Waals surface area contributed by atoms with Crippen LogP contribution in [-0.4, -0.2) is 16.5 Å². The SMILES string of the molecule is CC(CCc1ccccc1)NC(=O)c1ccc(-n2c(-c3ccccc3)cc3c2CCCCC3)cc1. The molecular formula is C32H34N2O. The molecule has 178 valence electrons. The maximum atomic E-state index is 12.9. The van der Waals surface area contributed by atoms with E-state index in [1.165, 1.54) is 47.3 Å². The van der Waals surface area contributed by atoms with Gasteiger partial charge in [0.15, 0.2) is 0 Å². The molecule has 4 aromatic rings. The van der Waals surface area contributed by atoms with Crippen LogP contribution in [0.3, 0.4) is 0 Å². The topological polar surface area (TPSA) is 34.0 Å². The first kappa shape index (κ1) is 23.2. The lowest BCUT2D eigenvalue weighted by Crippen LogP contribution is -2.32. The summed E-state index contributed by atoms with van der Waals surface area (Å²) in [6.07, 6.45) is 7.90. The predicted molar refractivity (Wildman–Crippen MR) is 144 cm³/mol. The van der Waals surface area contributed by atoms with Crippen molar-refractivity contribution in [3.05, 3.63) is 113 Å². The van der Waals surface area contributed by atoms with Crippen molar-refractivity contribution in [2.75, 3.05) is 0 Å².